The van der Waals surface area contributed by atoms with Crippen molar-refractivity contribution in [3.8, 4) is 0 Å². The van der Waals surface area contributed by atoms with Crippen LogP contribution in [-0.2, 0) is 10.2 Å². The smallest absolute Gasteiger partial charge is 0.319 e. The number of nitrogens with one attached hydrogen (secondary N) is 3. The predicted molar refractivity (Wildman–Crippen MR) is 92.8 cm³/mol. The fraction of sp³-hybridized carbons (Fsp3) is 0.647. The van der Waals surface area contributed by atoms with Crippen LogP contribution in [0.3, 0.4) is 0 Å². The Bertz CT molecular complexity index is 559. The molecule has 0 radical (unpaired) electrons. The summed E-state index contributed by atoms with van der Waals surface area (Å²) in [6.07, 6.45) is 7.93. The third kappa shape index (κ3) is 5.79. The van der Waals surface area contributed by atoms with Crippen molar-refractivity contribution < 1.29 is 9.59 Å². The van der Waals surface area contributed by atoms with Crippen molar-refractivity contribution >= 4 is 17.6 Å². The minimum absolute atomic E-state index is 0.0138. The van der Waals surface area contributed by atoms with E-state index < -0.39 is 0 Å². The number of amides is 3. The zero-order valence-corrected chi connectivity index (χ0v) is 14.7. The van der Waals surface area contributed by atoms with Gasteiger partial charge in [0.05, 0.1) is 18.1 Å². The van der Waals surface area contributed by atoms with Crippen LogP contribution in [0, 0.1) is 0 Å². The van der Waals surface area contributed by atoms with E-state index in [0.29, 0.717) is 18.3 Å². The molecule has 0 saturated heterocycles. The van der Waals surface area contributed by atoms with Crippen LogP contribution in [-0.4, -0.2) is 34.5 Å². The zero-order chi connectivity index (χ0) is 17.6. The van der Waals surface area contributed by atoms with Gasteiger partial charge >= 0.3 is 6.03 Å². The van der Waals surface area contributed by atoms with Gasteiger partial charge in [-0.05, 0) is 12.8 Å². The van der Waals surface area contributed by atoms with Crippen LogP contribution in [0.2, 0.25) is 0 Å². The molecule has 1 aliphatic rings. The normalized spacial score (nSPS) is 15.1. The molecule has 0 aromatic carbocycles. The van der Waals surface area contributed by atoms with Gasteiger partial charge in [0.2, 0.25) is 5.91 Å². The van der Waals surface area contributed by atoms with E-state index in [-0.39, 0.29) is 23.8 Å². The van der Waals surface area contributed by atoms with Crippen LogP contribution in [0.4, 0.5) is 10.5 Å². The molecule has 0 bridgehead atoms. The maximum Gasteiger partial charge on any atom is 0.319 e. The summed E-state index contributed by atoms with van der Waals surface area (Å²) in [6.45, 7) is 6.38. The van der Waals surface area contributed by atoms with Crippen LogP contribution < -0.4 is 16.0 Å². The van der Waals surface area contributed by atoms with Crippen molar-refractivity contribution in [2.24, 2.45) is 0 Å². The van der Waals surface area contributed by atoms with Crippen molar-refractivity contribution in [2.45, 2.75) is 64.3 Å². The molecule has 1 heterocycles. The number of carbonyl (C=O) groups is 2. The first kappa shape index (κ1) is 18.2. The van der Waals surface area contributed by atoms with E-state index in [0.717, 1.165) is 18.7 Å². The monoisotopic (exact) mass is 333 g/mol. The third-order valence-electron chi connectivity index (χ3n) is 3.94. The summed E-state index contributed by atoms with van der Waals surface area (Å²) in [7, 11) is 0. The van der Waals surface area contributed by atoms with E-state index in [1.54, 1.807) is 12.4 Å². The van der Waals surface area contributed by atoms with Gasteiger partial charge in [-0.2, -0.15) is 0 Å². The number of hydrogen-bond donors (Lipinski definition) is 3. The fourth-order valence-electron chi connectivity index (χ4n) is 2.61. The molecule has 0 aliphatic heterocycles. The molecule has 7 heteroatoms. The average Bonchev–Trinajstić information content (AvgIpc) is 2.99. The highest BCUT2D eigenvalue weighted by atomic mass is 16.2. The molecule has 1 aromatic rings. The van der Waals surface area contributed by atoms with Gasteiger partial charge in [-0.25, -0.2) is 14.8 Å². The van der Waals surface area contributed by atoms with Gasteiger partial charge < -0.3 is 16.0 Å². The van der Waals surface area contributed by atoms with Crippen molar-refractivity contribution in [1.29, 1.82) is 0 Å². The van der Waals surface area contributed by atoms with Crippen LogP contribution >= 0.6 is 0 Å². The van der Waals surface area contributed by atoms with E-state index in [9.17, 15) is 9.59 Å². The second-order valence-electron chi connectivity index (χ2n) is 7.23. The highest BCUT2D eigenvalue weighted by molar-refractivity contribution is 5.89. The maximum atomic E-state index is 11.8. The lowest BCUT2D eigenvalue weighted by molar-refractivity contribution is -0.121. The largest absolute Gasteiger partial charge is 0.353 e. The Labute approximate surface area is 143 Å². The number of urea groups is 1. The number of aromatic nitrogens is 2. The molecule has 1 fully saturated rings. The molecule has 132 valence electrons. The summed E-state index contributed by atoms with van der Waals surface area (Å²) in [6, 6.07) is -0.0550. The fourth-order valence-corrected chi connectivity index (χ4v) is 2.61. The molecule has 0 spiro atoms. The van der Waals surface area contributed by atoms with Gasteiger partial charge in [-0.3, -0.25) is 4.79 Å². The Morgan fingerprint density at radius 3 is 2.38 bits per heavy atom. The molecule has 3 amide bonds. The molecule has 7 nitrogen and oxygen atoms in total. The Kier molecular flexibility index (Phi) is 6.11. The quantitative estimate of drug-likeness (QED) is 0.770. The lowest BCUT2D eigenvalue weighted by Crippen LogP contribution is -2.36. The van der Waals surface area contributed by atoms with Crippen LogP contribution in [0.25, 0.3) is 0 Å². The Morgan fingerprint density at radius 1 is 1.17 bits per heavy atom. The lowest BCUT2D eigenvalue weighted by Gasteiger charge is -2.16. The molecule has 1 aliphatic carbocycles. The number of carbonyl (C=O) groups excluding carboxylic acids is 2. The molecular weight excluding hydrogens is 306 g/mol. The van der Waals surface area contributed by atoms with Gasteiger partial charge in [0.15, 0.2) is 0 Å². The third-order valence-corrected chi connectivity index (χ3v) is 3.94. The van der Waals surface area contributed by atoms with Gasteiger partial charge in [-0.1, -0.05) is 33.6 Å². The number of nitrogens with zero attached hydrogens (tertiary/aromatic N) is 2. The van der Waals surface area contributed by atoms with Crippen molar-refractivity contribution in [3.63, 3.8) is 0 Å². The number of hydrogen-bond acceptors (Lipinski definition) is 4. The lowest BCUT2D eigenvalue weighted by atomic mass is 9.96. The van der Waals surface area contributed by atoms with Gasteiger partial charge in [-0.15, -0.1) is 0 Å². The molecule has 1 saturated carbocycles. The van der Waals surface area contributed by atoms with Crippen molar-refractivity contribution in [1.82, 2.24) is 20.6 Å². The summed E-state index contributed by atoms with van der Waals surface area (Å²) >= 11 is 0. The van der Waals surface area contributed by atoms with Gasteiger partial charge in [0.1, 0.15) is 5.82 Å². The summed E-state index contributed by atoms with van der Waals surface area (Å²) in [5, 5.41) is 8.32. The minimum atomic E-state index is -0.365. The van der Waals surface area contributed by atoms with E-state index in [2.05, 4.69) is 25.9 Å². The summed E-state index contributed by atoms with van der Waals surface area (Å²) in [4.78, 5) is 32.1. The standard InChI is InChI=1S/C17H27N5O2/c1-17(2,3)15-19-10-13(11-20-15)22-16(24)18-9-8-14(23)21-12-6-4-5-7-12/h10-12H,4-9H2,1-3H3,(H,21,23)(H2,18,22,24). The van der Waals surface area contributed by atoms with Crippen LogP contribution in [0.15, 0.2) is 12.4 Å². The molecule has 24 heavy (non-hydrogen) atoms. The topological polar surface area (TPSA) is 96.0 Å². The average molecular weight is 333 g/mol. The number of anilines is 1. The van der Waals surface area contributed by atoms with Gasteiger partial charge in [0.25, 0.3) is 0 Å². The van der Waals surface area contributed by atoms with Crippen LogP contribution in [0.1, 0.15) is 58.7 Å². The molecule has 2 rings (SSSR count). The zero-order valence-electron chi connectivity index (χ0n) is 14.7. The SMILES string of the molecule is CC(C)(C)c1ncc(NC(=O)NCCC(=O)NC2CCCC2)cn1. The first-order valence-electron chi connectivity index (χ1n) is 8.51. The van der Waals surface area contributed by atoms with E-state index in [1.807, 2.05) is 20.8 Å². The second-order valence-corrected chi connectivity index (χ2v) is 7.23. The Balaban J connectivity index is 1.68. The number of rotatable bonds is 5. The molecule has 0 atom stereocenters. The van der Waals surface area contributed by atoms with Gasteiger partial charge in [0, 0.05) is 24.4 Å². The van der Waals surface area contributed by atoms with E-state index >= 15 is 0 Å². The second kappa shape index (κ2) is 8.08. The van der Waals surface area contributed by atoms with Crippen molar-refractivity contribution in [2.75, 3.05) is 11.9 Å². The Morgan fingerprint density at radius 2 is 1.79 bits per heavy atom. The summed E-state index contributed by atoms with van der Waals surface area (Å²) in [5.41, 5.74) is 0.393. The molecule has 1 aromatic heterocycles. The maximum absolute atomic E-state index is 11.8. The summed E-state index contributed by atoms with van der Waals surface area (Å²) in [5.74, 6) is 0.706. The van der Waals surface area contributed by atoms with Crippen molar-refractivity contribution in [3.05, 3.63) is 18.2 Å². The molecule has 0 unspecified atom stereocenters. The van der Waals surface area contributed by atoms with E-state index in [1.165, 1.54) is 12.8 Å². The molecule has 3 N–H and O–H groups in total. The molecular formula is C17H27N5O2. The highest BCUT2D eigenvalue weighted by Crippen LogP contribution is 2.18. The Hall–Kier alpha value is -2.18. The van der Waals surface area contributed by atoms with E-state index in [4.69, 9.17) is 0 Å². The predicted octanol–water partition coefficient (Wildman–Crippen LogP) is 2.34. The highest BCUT2D eigenvalue weighted by Gasteiger charge is 2.18. The summed E-state index contributed by atoms with van der Waals surface area (Å²) < 4.78 is 0. The minimum Gasteiger partial charge on any atom is -0.353 e. The van der Waals surface area contributed by atoms with Crippen LogP contribution in [0.5, 0.6) is 0 Å². The first-order valence-corrected chi connectivity index (χ1v) is 8.51. The first-order chi connectivity index (χ1) is 11.3.